The largest absolute Gasteiger partial charge is 0.378 e. The summed E-state index contributed by atoms with van der Waals surface area (Å²) in [5.41, 5.74) is 5.82. The van der Waals surface area contributed by atoms with Crippen LogP contribution >= 0.6 is 0 Å². The van der Waals surface area contributed by atoms with Gasteiger partial charge in [-0.3, -0.25) is 4.79 Å². The fourth-order valence-electron chi connectivity index (χ4n) is 2.75. The van der Waals surface area contributed by atoms with E-state index in [0.29, 0.717) is 25.4 Å². The molecule has 1 heterocycles. The Bertz CT molecular complexity index is 532. The van der Waals surface area contributed by atoms with Gasteiger partial charge in [0.2, 0.25) is 5.91 Å². The van der Waals surface area contributed by atoms with E-state index in [4.69, 9.17) is 10.5 Å². The molecule has 0 saturated heterocycles. The molecule has 2 unspecified atom stereocenters. The number of hydrogen-bond acceptors (Lipinski definition) is 5. The van der Waals surface area contributed by atoms with Gasteiger partial charge in [-0.05, 0) is 19.9 Å². The van der Waals surface area contributed by atoms with Gasteiger partial charge in [-0.15, -0.1) is 0 Å². The lowest BCUT2D eigenvalue weighted by Gasteiger charge is -2.57. The van der Waals surface area contributed by atoms with Crippen molar-refractivity contribution in [1.82, 2.24) is 15.3 Å². The van der Waals surface area contributed by atoms with Crippen molar-refractivity contribution in [3.8, 4) is 0 Å². The van der Waals surface area contributed by atoms with Crippen LogP contribution in [-0.4, -0.2) is 34.1 Å². The van der Waals surface area contributed by atoms with E-state index >= 15 is 0 Å². The van der Waals surface area contributed by atoms with Crippen molar-refractivity contribution in [1.29, 1.82) is 0 Å². The third-order valence-corrected chi connectivity index (χ3v) is 4.50. The Morgan fingerprint density at radius 2 is 2.29 bits per heavy atom. The molecule has 0 aliphatic heterocycles. The molecule has 0 bridgehead atoms. The van der Waals surface area contributed by atoms with Gasteiger partial charge in [0.1, 0.15) is 11.4 Å². The molecule has 1 aromatic rings. The Kier molecular flexibility index (Phi) is 4.30. The molecule has 2 rings (SSSR count). The number of aryl methyl sites for hydroxylation is 1. The van der Waals surface area contributed by atoms with Crippen LogP contribution in [0.25, 0.3) is 0 Å². The van der Waals surface area contributed by atoms with Crippen LogP contribution in [0.5, 0.6) is 0 Å². The number of carbonyl (C=O) groups is 1. The van der Waals surface area contributed by atoms with Crippen molar-refractivity contribution in [3.63, 3.8) is 0 Å². The first-order valence-electron chi connectivity index (χ1n) is 7.28. The SMILES string of the molecule is CCOC1CC(N)(C(=O)NCc2ccnc(C)n2)C1(C)C. The van der Waals surface area contributed by atoms with Crippen LogP contribution in [0.15, 0.2) is 12.3 Å². The Hall–Kier alpha value is -1.53. The topological polar surface area (TPSA) is 90.1 Å². The molecule has 1 fully saturated rings. The molecule has 1 aliphatic rings. The Morgan fingerprint density at radius 1 is 1.57 bits per heavy atom. The number of amides is 1. The second kappa shape index (κ2) is 5.69. The first-order valence-corrected chi connectivity index (χ1v) is 7.28. The van der Waals surface area contributed by atoms with E-state index < -0.39 is 5.54 Å². The number of rotatable bonds is 5. The zero-order valence-electron chi connectivity index (χ0n) is 13.1. The minimum atomic E-state index is -0.894. The van der Waals surface area contributed by atoms with E-state index in [2.05, 4.69) is 15.3 Å². The van der Waals surface area contributed by atoms with Crippen LogP contribution in [0.1, 0.15) is 38.7 Å². The molecule has 0 spiro atoms. The predicted molar refractivity (Wildman–Crippen MR) is 79.3 cm³/mol. The normalized spacial score (nSPS) is 27.0. The van der Waals surface area contributed by atoms with Gasteiger partial charge in [-0.2, -0.15) is 0 Å². The molecule has 1 aromatic heterocycles. The van der Waals surface area contributed by atoms with Crippen molar-refractivity contribution in [2.75, 3.05) is 6.61 Å². The number of nitrogens with two attached hydrogens (primary N) is 1. The quantitative estimate of drug-likeness (QED) is 0.842. The highest BCUT2D eigenvalue weighted by molar-refractivity contribution is 5.88. The molecule has 0 aromatic carbocycles. The van der Waals surface area contributed by atoms with Gasteiger partial charge < -0.3 is 15.8 Å². The number of nitrogens with one attached hydrogen (secondary N) is 1. The van der Waals surface area contributed by atoms with Crippen molar-refractivity contribution in [2.24, 2.45) is 11.1 Å². The second-order valence-electron chi connectivity index (χ2n) is 6.12. The van der Waals surface area contributed by atoms with Crippen LogP contribution in [0.2, 0.25) is 0 Å². The molecule has 1 saturated carbocycles. The van der Waals surface area contributed by atoms with Crippen LogP contribution in [0, 0.1) is 12.3 Å². The molecular weight excluding hydrogens is 268 g/mol. The molecule has 0 radical (unpaired) electrons. The molecule has 3 N–H and O–H groups in total. The highest BCUT2D eigenvalue weighted by Gasteiger charge is 2.62. The number of ether oxygens (including phenoxy) is 1. The predicted octanol–water partition coefficient (Wildman–Crippen LogP) is 0.934. The van der Waals surface area contributed by atoms with Crippen LogP contribution in [0.3, 0.4) is 0 Å². The molecule has 1 amide bonds. The number of hydrogen-bond donors (Lipinski definition) is 2. The average Bonchev–Trinajstić information content (AvgIpc) is 2.44. The summed E-state index contributed by atoms with van der Waals surface area (Å²) < 4.78 is 5.64. The smallest absolute Gasteiger partial charge is 0.241 e. The van der Waals surface area contributed by atoms with Gasteiger partial charge in [-0.1, -0.05) is 13.8 Å². The molecule has 6 heteroatoms. The maximum atomic E-state index is 12.4. The molecule has 21 heavy (non-hydrogen) atoms. The standard InChI is InChI=1S/C15H24N4O2/c1-5-21-12-8-15(16,14(12,3)4)13(20)18-9-11-6-7-17-10(2)19-11/h6-7,12H,5,8-9,16H2,1-4H3,(H,18,20). The summed E-state index contributed by atoms with van der Waals surface area (Å²) in [5.74, 6) is 0.532. The number of nitrogens with zero attached hydrogens (tertiary/aromatic N) is 2. The zero-order chi connectivity index (χ0) is 15.7. The summed E-state index contributed by atoms with van der Waals surface area (Å²) in [6, 6.07) is 1.78. The van der Waals surface area contributed by atoms with E-state index in [1.54, 1.807) is 12.3 Å². The molecule has 116 valence electrons. The maximum absolute atomic E-state index is 12.4. The van der Waals surface area contributed by atoms with Gasteiger partial charge in [0.15, 0.2) is 0 Å². The summed E-state index contributed by atoms with van der Waals surface area (Å²) >= 11 is 0. The van der Waals surface area contributed by atoms with Crippen LogP contribution in [-0.2, 0) is 16.1 Å². The lowest BCUT2D eigenvalue weighted by atomic mass is 9.54. The molecule has 1 aliphatic carbocycles. The number of aromatic nitrogens is 2. The van der Waals surface area contributed by atoms with Crippen molar-refractivity contribution >= 4 is 5.91 Å². The second-order valence-corrected chi connectivity index (χ2v) is 6.12. The monoisotopic (exact) mass is 292 g/mol. The molecule has 6 nitrogen and oxygen atoms in total. The summed E-state index contributed by atoms with van der Waals surface area (Å²) in [6.45, 7) is 8.71. The molecule has 2 atom stereocenters. The molecular formula is C15H24N4O2. The van der Waals surface area contributed by atoms with E-state index in [9.17, 15) is 4.79 Å². The van der Waals surface area contributed by atoms with Gasteiger partial charge in [0.05, 0.1) is 18.3 Å². The lowest BCUT2D eigenvalue weighted by molar-refractivity contribution is -0.170. The summed E-state index contributed by atoms with van der Waals surface area (Å²) in [5, 5.41) is 2.88. The third kappa shape index (κ3) is 2.78. The van der Waals surface area contributed by atoms with Crippen molar-refractivity contribution < 1.29 is 9.53 Å². The Balaban J connectivity index is 1.98. The Labute approximate surface area is 125 Å². The lowest BCUT2D eigenvalue weighted by Crippen LogP contribution is -2.75. The summed E-state index contributed by atoms with van der Waals surface area (Å²) in [4.78, 5) is 20.7. The first kappa shape index (κ1) is 15.9. The summed E-state index contributed by atoms with van der Waals surface area (Å²) in [6.07, 6.45) is 2.25. The van der Waals surface area contributed by atoms with E-state index in [1.807, 2.05) is 27.7 Å². The van der Waals surface area contributed by atoms with Crippen molar-refractivity contribution in [3.05, 3.63) is 23.8 Å². The first-order chi connectivity index (χ1) is 9.81. The minimum Gasteiger partial charge on any atom is -0.378 e. The Morgan fingerprint density at radius 3 is 2.86 bits per heavy atom. The fraction of sp³-hybridized carbons (Fsp3) is 0.667. The highest BCUT2D eigenvalue weighted by atomic mass is 16.5. The minimum absolute atomic E-state index is 0.0274. The fourth-order valence-corrected chi connectivity index (χ4v) is 2.75. The maximum Gasteiger partial charge on any atom is 0.241 e. The zero-order valence-corrected chi connectivity index (χ0v) is 13.1. The van der Waals surface area contributed by atoms with Crippen LogP contribution in [0.4, 0.5) is 0 Å². The average molecular weight is 292 g/mol. The third-order valence-electron chi connectivity index (χ3n) is 4.50. The van der Waals surface area contributed by atoms with Gasteiger partial charge in [0.25, 0.3) is 0 Å². The number of carbonyl (C=O) groups excluding carboxylic acids is 1. The van der Waals surface area contributed by atoms with Gasteiger partial charge in [-0.25, -0.2) is 9.97 Å². The van der Waals surface area contributed by atoms with Crippen LogP contribution < -0.4 is 11.1 Å². The van der Waals surface area contributed by atoms with Gasteiger partial charge >= 0.3 is 0 Å². The summed E-state index contributed by atoms with van der Waals surface area (Å²) in [7, 11) is 0. The van der Waals surface area contributed by atoms with Crippen molar-refractivity contribution in [2.45, 2.75) is 52.3 Å². The highest BCUT2D eigenvalue weighted by Crippen LogP contribution is 2.49. The van der Waals surface area contributed by atoms with Gasteiger partial charge in [0, 0.05) is 24.6 Å². The van der Waals surface area contributed by atoms with E-state index in [0.717, 1.165) is 5.69 Å². The van der Waals surface area contributed by atoms with E-state index in [1.165, 1.54) is 0 Å². The van der Waals surface area contributed by atoms with E-state index in [-0.39, 0.29) is 17.4 Å².